The van der Waals surface area contributed by atoms with E-state index in [1.807, 2.05) is 11.3 Å². The summed E-state index contributed by atoms with van der Waals surface area (Å²) < 4.78 is 0. The lowest BCUT2D eigenvalue weighted by atomic mass is 9.82. The van der Waals surface area contributed by atoms with Gasteiger partial charge in [-0.15, -0.1) is 0 Å². The van der Waals surface area contributed by atoms with E-state index >= 15 is 0 Å². The van der Waals surface area contributed by atoms with E-state index in [1.54, 1.807) is 0 Å². The van der Waals surface area contributed by atoms with Crippen molar-refractivity contribution in [2.45, 2.75) is 57.2 Å². The molecule has 3 unspecified atom stereocenters. The first kappa shape index (κ1) is 13.6. The molecule has 3 heterocycles. The zero-order valence-electron chi connectivity index (χ0n) is 12.1. The van der Waals surface area contributed by atoms with Gasteiger partial charge in [0.25, 0.3) is 0 Å². The quantitative estimate of drug-likeness (QED) is 0.884. The molecule has 1 aromatic heterocycles. The molecule has 2 aliphatic heterocycles. The van der Waals surface area contributed by atoms with Crippen molar-refractivity contribution in [3.63, 3.8) is 0 Å². The second-order valence-electron chi connectivity index (χ2n) is 6.27. The molecule has 0 radical (unpaired) electrons. The molecule has 2 bridgehead atoms. The lowest BCUT2D eigenvalue weighted by Gasteiger charge is -2.40. The van der Waals surface area contributed by atoms with E-state index in [-0.39, 0.29) is 0 Å². The van der Waals surface area contributed by atoms with E-state index < -0.39 is 0 Å². The molecule has 2 saturated heterocycles. The number of rotatable bonds is 5. The molecular weight excluding hydrogens is 252 g/mol. The second-order valence-corrected chi connectivity index (χ2v) is 7.05. The number of hydrogen-bond acceptors (Lipinski definition) is 3. The predicted octanol–water partition coefficient (Wildman–Crippen LogP) is 3.66. The van der Waals surface area contributed by atoms with Crippen LogP contribution in [0.4, 0.5) is 0 Å². The van der Waals surface area contributed by atoms with Crippen molar-refractivity contribution >= 4 is 11.3 Å². The summed E-state index contributed by atoms with van der Waals surface area (Å²) in [7, 11) is 2.33. The van der Waals surface area contributed by atoms with E-state index in [0.717, 1.165) is 24.5 Å². The van der Waals surface area contributed by atoms with Crippen LogP contribution in [0.25, 0.3) is 0 Å². The lowest BCUT2D eigenvalue weighted by Crippen LogP contribution is -2.43. The summed E-state index contributed by atoms with van der Waals surface area (Å²) in [6.07, 6.45) is 6.82. The summed E-state index contributed by atoms with van der Waals surface area (Å²) in [4.78, 5) is 2.64. The van der Waals surface area contributed by atoms with Gasteiger partial charge in [-0.25, -0.2) is 0 Å². The molecule has 3 heteroatoms. The van der Waals surface area contributed by atoms with Gasteiger partial charge in [0.1, 0.15) is 0 Å². The molecule has 1 aromatic rings. The van der Waals surface area contributed by atoms with Crippen LogP contribution in [0, 0.1) is 5.92 Å². The van der Waals surface area contributed by atoms with Crippen LogP contribution in [-0.4, -0.2) is 30.6 Å². The molecule has 0 saturated carbocycles. The first-order valence-corrected chi connectivity index (χ1v) is 8.71. The molecule has 106 valence electrons. The molecule has 3 rings (SSSR count). The Kier molecular flexibility index (Phi) is 4.25. The molecule has 0 amide bonds. The van der Waals surface area contributed by atoms with Gasteiger partial charge < -0.3 is 10.2 Å². The molecule has 0 aromatic carbocycles. The summed E-state index contributed by atoms with van der Waals surface area (Å²) >= 11 is 1.83. The van der Waals surface area contributed by atoms with Crippen LogP contribution in [0.1, 0.15) is 50.6 Å². The van der Waals surface area contributed by atoms with Crippen LogP contribution in [0.3, 0.4) is 0 Å². The maximum atomic E-state index is 3.81. The summed E-state index contributed by atoms with van der Waals surface area (Å²) in [5.41, 5.74) is 1.52. The normalized spacial score (nSPS) is 32.6. The third kappa shape index (κ3) is 2.74. The minimum Gasteiger partial charge on any atom is -0.310 e. The Balaban J connectivity index is 1.73. The van der Waals surface area contributed by atoms with Crippen molar-refractivity contribution in [1.82, 2.24) is 10.2 Å². The van der Waals surface area contributed by atoms with Gasteiger partial charge in [-0.05, 0) is 74.0 Å². The van der Waals surface area contributed by atoms with Crippen molar-refractivity contribution in [2.75, 3.05) is 13.6 Å². The molecular formula is C16H26N2S. The molecule has 3 atom stereocenters. The summed E-state index contributed by atoms with van der Waals surface area (Å²) in [5.74, 6) is 0.829. The highest BCUT2D eigenvalue weighted by atomic mass is 32.1. The summed E-state index contributed by atoms with van der Waals surface area (Å²) in [6, 6.07) is 4.59. The highest BCUT2D eigenvalue weighted by molar-refractivity contribution is 7.07. The first-order chi connectivity index (χ1) is 9.29. The standard InChI is InChI=1S/C16H26N2S/c1-3-7-17-16(12-6-8-19-11-12)13-9-14-4-5-15(10-13)18(14)2/h6,8,11,13-17H,3-5,7,9-10H2,1-2H3. The number of nitrogens with one attached hydrogen (secondary N) is 1. The van der Waals surface area contributed by atoms with Gasteiger partial charge in [-0.2, -0.15) is 11.3 Å². The second kappa shape index (κ2) is 5.94. The van der Waals surface area contributed by atoms with Gasteiger partial charge in [0.05, 0.1) is 0 Å². The monoisotopic (exact) mass is 278 g/mol. The van der Waals surface area contributed by atoms with E-state index in [1.165, 1.54) is 37.7 Å². The fourth-order valence-corrected chi connectivity index (χ4v) is 4.73. The van der Waals surface area contributed by atoms with Gasteiger partial charge >= 0.3 is 0 Å². The van der Waals surface area contributed by atoms with Gasteiger partial charge in [0.2, 0.25) is 0 Å². The third-order valence-corrected chi connectivity index (χ3v) is 5.82. The van der Waals surface area contributed by atoms with E-state index in [4.69, 9.17) is 0 Å². The topological polar surface area (TPSA) is 15.3 Å². The van der Waals surface area contributed by atoms with Gasteiger partial charge in [-0.1, -0.05) is 6.92 Å². The predicted molar refractivity (Wildman–Crippen MR) is 82.7 cm³/mol. The molecule has 0 aliphatic carbocycles. The molecule has 19 heavy (non-hydrogen) atoms. The van der Waals surface area contributed by atoms with Crippen LogP contribution in [-0.2, 0) is 0 Å². The molecule has 1 N–H and O–H groups in total. The highest BCUT2D eigenvalue weighted by Gasteiger charge is 2.41. The Labute approximate surface area is 121 Å². The average Bonchev–Trinajstić information content (AvgIpc) is 2.98. The van der Waals surface area contributed by atoms with Gasteiger partial charge in [0.15, 0.2) is 0 Å². The molecule has 2 aliphatic rings. The Morgan fingerprint density at radius 3 is 2.68 bits per heavy atom. The Morgan fingerprint density at radius 1 is 1.37 bits per heavy atom. The van der Waals surface area contributed by atoms with Crippen molar-refractivity contribution < 1.29 is 0 Å². The maximum absolute atomic E-state index is 3.81. The number of fused-ring (bicyclic) bond motifs is 2. The van der Waals surface area contributed by atoms with Crippen molar-refractivity contribution in [3.05, 3.63) is 22.4 Å². The maximum Gasteiger partial charge on any atom is 0.0358 e. The fourth-order valence-electron chi connectivity index (χ4n) is 4.03. The Bertz CT molecular complexity index is 375. The van der Waals surface area contributed by atoms with Crippen molar-refractivity contribution in [1.29, 1.82) is 0 Å². The highest BCUT2D eigenvalue weighted by Crippen LogP contribution is 2.42. The SMILES string of the molecule is CCCNC(c1ccsc1)C1CC2CCC(C1)N2C. The molecule has 0 spiro atoms. The number of hydrogen-bond donors (Lipinski definition) is 1. The molecule has 2 nitrogen and oxygen atoms in total. The largest absolute Gasteiger partial charge is 0.310 e. The minimum atomic E-state index is 0.586. The molecule has 2 fully saturated rings. The van der Waals surface area contributed by atoms with Crippen LogP contribution in [0.2, 0.25) is 0 Å². The lowest BCUT2D eigenvalue weighted by molar-refractivity contribution is 0.112. The van der Waals surface area contributed by atoms with Crippen LogP contribution in [0.15, 0.2) is 16.8 Å². The number of piperidine rings is 1. The first-order valence-electron chi connectivity index (χ1n) is 7.77. The van der Waals surface area contributed by atoms with Crippen molar-refractivity contribution in [3.8, 4) is 0 Å². The zero-order valence-corrected chi connectivity index (χ0v) is 13.0. The Hall–Kier alpha value is -0.380. The fraction of sp³-hybridized carbons (Fsp3) is 0.750. The third-order valence-electron chi connectivity index (χ3n) is 5.12. The number of nitrogens with zero attached hydrogens (tertiary/aromatic N) is 1. The summed E-state index contributed by atoms with van der Waals surface area (Å²) in [6.45, 7) is 3.40. The zero-order chi connectivity index (χ0) is 13.2. The minimum absolute atomic E-state index is 0.586. The van der Waals surface area contributed by atoms with Crippen LogP contribution < -0.4 is 5.32 Å². The number of thiophene rings is 1. The van der Waals surface area contributed by atoms with Crippen molar-refractivity contribution in [2.24, 2.45) is 5.92 Å². The van der Waals surface area contributed by atoms with E-state index in [0.29, 0.717) is 6.04 Å². The van der Waals surface area contributed by atoms with Gasteiger partial charge in [-0.3, -0.25) is 0 Å². The van der Waals surface area contributed by atoms with Crippen LogP contribution >= 0.6 is 11.3 Å². The van der Waals surface area contributed by atoms with Crippen LogP contribution in [0.5, 0.6) is 0 Å². The van der Waals surface area contributed by atoms with Gasteiger partial charge in [0, 0.05) is 18.1 Å². The average molecular weight is 278 g/mol. The smallest absolute Gasteiger partial charge is 0.0358 e. The summed E-state index contributed by atoms with van der Waals surface area (Å²) in [5, 5.41) is 8.38. The van der Waals surface area contributed by atoms with E-state index in [9.17, 15) is 0 Å². The van der Waals surface area contributed by atoms with E-state index in [2.05, 4.69) is 41.0 Å². The Morgan fingerprint density at radius 2 is 2.11 bits per heavy atom.